The Balaban J connectivity index is 1.75. The van der Waals surface area contributed by atoms with E-state index in [-0.39, 0.29) is 17.8 Å². The van der Waals surface area contributed by atoms with Gasteiger partial charge in [-0.15, -0.1) is 0 Å². The van der Waals surface area contributed by atoms with Crippen molar-refractivity contribution in [2.45, 2.75) is 18.9 Å². The average Bonchev–Trinajstić information content (AvgIpc) is 2.99. The summed E-state index contributed by atoms with van der Waals surface area (Å²) in [6.07, 6.45) is -0.133. The summed E-state index contributed by atoms with van der Waals surface area (Å²) in [5.74, 6) is -3.35. The third kappa shape index (κ3) is 2.23. The molecule has 112 valence electrons. The van der Waals surface area contributed by atoms with Gasteiger partial charge in [0.25, 0.3) is 5.92 Å². The molecule has 1 aliphatic rings. The van der Waals surface area contributed by atoms with E-state index in [0.717, 1.165) is 22.6 Å². The summed E-state index contributed by atoms with van der Waals surface area (Å²) < 4.78 is 27.6. The van der Waals surface area contributed by atoms with Crippen LogP contribution in [0.2, 0.25) is 0 Å². The zero-order chi connectivity index (χ0) is 15.3. The van der Waals surface area contributed by atoms with E-state index in [9.17, 15) is 13.6 Å². The molecular formula is C16H12F2N2OS. The Kier molecular flexibility index (Phi) is 2.91. The van der Waals surface area contributed by atoms with Gasteiger partial charge in [0, 0.05) is 24.4 Å². The van der Waals surface area contributed by atoms with Crippen LogP contribution in [0.5, 0.6) is 0 Å². The van der Waals surface area contributed by atoms with Crippen molar-refractivity contribution in [2.24, 2.45) is 5.92 Å². The lowest BCUT2D eigenvalue weighted by Crippen LogP contribution is -2.15. The zero-order valence-corrected chi connectivity index (χ0v) is 12.3. The molecule has 1 fully saturated rings. The van der Waals surface area contributed by atoms with Crippen molar-refractivity contribution < 1.29 is 8.78 Å². The topological polar surface area (TPSA) is 34.9 Å². The van der Waals surface area contributed by atoms with E-state index >= 15 is 0 Å². The number of nitrogens with zero attached hydrogens (tertiary/aromatic N) is 2. The van der Waals surface area contributed by atoms with Crippen molar-refractivity contribution in [1.29, 1.82) is 0 Å². The maximum absolute atomic E-state index is 13.1. The van der Waals surface area contributed by atoms with E-state index in [1.165, 1.54) is 4.57 Å². The molecule has 0 amide bonds. The highest BCUT2D eigenvalue weighted by molar-refractivity contribution is 7.16. The van der Waals surface area contributed by atoms with E-state index < -0.39 is 11.8 Å². The highest BCUT2D eigenvalue weighted by Crippen LogP contribution is 2.49. The Bertz CT molecular complexity index is 901. The number of hydrogen-bond acceptors (Lipinski definition) is 3. The molecule has 2 heterocycles. The third-order valence-corrected chi connectivity index (χ3v) is 4.85. The standard InChI is InChI=1S/C16H12F2N2OS/c17-16(18)8-11(16)9-20-13-7-6-12(10-4-2-1-3-5-10)19-14(13)22-15(20)21/h1-7,11H,8-9H2. The lowest BCUT2D eigenvalue weighted by atomic mass is 10.1. The molecule has 1 aliphatic carbocycles. The summed E-state index contributed by atoms with van der Waals surface area (Å²) in [6.45, 7) is 0.0677. The summed E-state index contributed by atoms with van der Waals surface area (Å²) in [5, 5.41) is 0. The van der Waals surface area contributed by atoms with Crippen LogP contribution in [0.1, 0.15) is 6.42 Å². The molecule has 0 bridgehead atoms. The zero-order valence-electron chi connectivity index (χ0n) is 11.5. The van der Waals surface area contributed by atoms with Gasteiger partial charge < -0.3 is 0 Å². The van der Waals surface area contributed by atoms with Gasteiger partial charge in [-0.05, 0) is 12.1 Å². The van der Waals surface area contributed by atoms with Crippen LogP contribution in [-0.2, 0) is 6.54 Å². The normalized spacial score (nSPS) is 19.5. The molecule has 3 aromatic rings. The summed E-state index contributed by atoms with van der Waals surface area (Å²) in [6, 6.07) is 13.3. The monoisotopic (exact) mass is 318 g/mol. The highest BCUT2D eigenvalue weighted by atomic mass is 32.1. The van der Waals surface area contributed by atoms with Crippen LogP contribution in [0, 0.1) is 5.92 Å². The fourth-order valence-electron chi connectivity index (χ4n) is 2.58. The summed E-state index contributed by atoms with van der Waals surface area (Å²) in [5.41, 5.74) is 2.38. The van der Waals surface area contributed by atoms with Crippen LogP contribution >= 0.6 is 11.3 Å². The molecule has 0 aliphatic heterocycles. The first kappa shape index (κ1) is 13.6. The minimum Gasteiger partial charge on any atom is -0.297 e. The minimum atomic E-state index is -2.62. The van der Waals surface area contributed by atoms with Gasteiger partial charge >= 0.3 is 4.87 Å². The molecule has 1 aromatic carbocycles. The largest absolute Gasteiger partial charge is 0.309 e. The number of pyridine rings is 1. The van der Waals surface area contributed by atoms with Gasteiger partial charge in [-0.3, -0.25) is 9.36 Å². The van der Waals surface area contributed by atoms with Gasteiger partial charge in [0.15, 0.2) is 0 Å². The van der Waals surface area contributed by atoms with Crippen LogP contribution in [0.15, 0.2) is 47.3 Å². The predicted molar refractivity (Wildman–Crippen MR) is 82.4 cm³/mol. The molecule has 0 saturated heterocycles. The number of halogens is 2. The Labute approximate surface area is 128 Å². The number of rotatable bonds is 3. The van der Waals surface area contributed by atoms with Crippen LogP contribution in [0.4, 0.5) is 8.78 Å². The molecule has 1 saturated carbocycles. The van der Waals surface area contributed by atoms with Crippen molar-refractivity contribution >= 4 is 21.7 Å². The molecule has 0 radical (unpaired) electrons. The van der Waals surface area contributed by atoms with Crippen molar-refractivity contribution in [3.63, 3.8) is 0 Å². The van der Waals surface area contributed by atoms with Gasteiger partial charge in [-0.2, -0.15) is 0 Å². The van der Waals surface area contributed by atoms with E-state index in [1.54, 1.807) is 6.07 Å². The number of thiazole rings is 1. The molecule has 0 spiro atoms. The van der Waals surface area contributed by atoms with E-state index in [2.05, 4.69) is 4.98 Å². The summed E-state index contributed by atoms with van der Waals surface area (Å²) >= 11 is 1.01. The Morgan fingerprint density at radius 2 is 1.95 bits per heavy atom. The van der Waals surface area contributed by atoms with E-state index in [0.29, 0.717) is 10.3 Å². The molecule has 1 atom stereocenters. The van der Waals surface area contributed by atoms with Crippen molar-refractivity contribution in [3.05, 3.63) is 52.1 Å². The SMILES string of the molecule is O=c1sc2nc(-c3ccccc3)ccc2n1CC1CC1(F)F. The first-order chi connectivity index (χ1) is 10.5. The first-order valence-electron chi connectivity index (χ1n) is 6.98. The van der Waals surface area contributed by atoms with Gasteiger partial charge in [0.2, 0.25) is 0 Å². The second-order valence-corrected chi connectivity index (χ2v) is 6.47. The second-order valence-electron chi connectivity index (χ2n) is 5.53. The van der Waals surface area contributed by atoms with Crippen molar-refractivity contribution in [1.82, 2.24) is 9.55 Å². The fourth-order valence-corrected chi connectivity index (χ4v) is 3.46. The molecular weight excluding hydrogens is 306 g/mol. The first-order valence-corrected chi connectivity index (χ1v) is 7.80. The Morgan fingerprint density at radius 1 is 1.23 bits per heavy atom. The highest BCUT2D eigenvalue weighted by Gasteiger charge is 2.56. The van der Waals surface area contributed by atoms with Crippen LogP contribution in [0.25, 0.3) is 21.6 Å². The third-order valence-electron chi connectivity index (χ3n) is 3.96. The molecule has 22 heavy (non-hydrogen) atoms. The second kappa shape index (κ2) is 4.71. The van der Waals surface area contributed by atoms with E-state index in [4.69, 9.17) is 0 Å². The number of hydrogen-bond donors (Lipinski definition) is 0. The maximum atomic E-state index is 13.1. The lowest BCUT2D eigenvalue weighted by Gasteiger charge is -2.04. The van der Waals surface area contributed by atoms with Crippen molar-refractivity contribution in [2.75, 3.05) is 0 Å². The average molecular weight is 318 g/mol. The number of aromatic nitrogens is 2. The number of fused-ring (bicyclic) bond motifs is 1. The van der Waals surface area contributed by atoms with Crippen LogP contribution < -0.4 is 4.87 Å². The van der Waals surface area contributed by atoms with Crippen molar-refractivity contribution in [3.8, 4) is 11.3 Å². The quantitative estimate of drug-likeness (QED) is 0.736. The predicted octanol–water partition coefficient (Wildman–Crippen LogP) is 3.78. The van der Waals surface area contributed by atoms with Gasteiger partial charge in [-0.1, -0.05) is 41.7 Å². The summed E-state index contributed by atoms with van der Waals surface area (Å²) in [4.78, 5) is 16.9. The van der Waals surface area contributed by atoms with Crippen LogP contribution in [-0.4, -0.2) is 15.5 Å². The molecule has 4 rings (SSSR count). The molecule has 3 nitrogen and oxygen atoms in total. The number of alkyl halides is 2. The minimum absolute atomic E-state index is 0.0677. The van der Waals surface area contributed by atoms with Gasteiger partial charge in [-0.25, -0.2) is 13.8 Å². The molecule has 6 heteroatoms. The smallest absolute Gasteiger partial charge is 0.297 e. The Morgan fingerprint density at radius 3 is 2.64 bits per heavy atom. The number of benzene rings is 1. The molecule has 2 aromatic heterocycles. The summed E-state index contributed by atoms with van der Waals surface area (Å²) in [7, 11) is 0. The van der Waals surface area contributed by atoms with Crippen LogP contribution in [0.3, 0.4) is 0 Å². The van der Waals surface area contributed by atoms with Gasteiger partial charge in [0.1, 0.15) is 4.83 Å². The van der Waals surface area contributed by atoms with E-state index in [1.807, 2.05) is 36.4 Å². The lowest BCUT2D eigenvalue weighted by molar-refractivity contribution is 0.0953. The maximum Gasteiger partial charge on any atom is 0.309 e. The Hall–Kier alpha value is -2.08. The molecule has 0 N–H and O–H groups in total. The molecule has 1 unspecified atom stereocenters. The fraction of sp³-hybridized carbons (Fsp3) is 0.250. The van der Waals surface area contributed by atoms with Gasteiger partial charge in [0.05, 0.1) is 11.2 Å².